The highest BCUT2D eigenvalue weighted by Gasteiger charge is 2.18. The number of rotatable bonds is 2. The molecule has 0 aromatic heterocycles. The van der Waals surface area contributed by atoms with Gasteiger partial charge in [-0.25, -0.2) is 0 Å². The molecule has 0 atom stereocenters. The topological polar surface area (TPSA) is 47.6 Å². The van der Waals surface area contributed by atoms with E-state index < -0.39 is 0 Å². The van der Waals surface area contributed by atoms with Gasteiger partial charge in [0.05, 0.1) is 11.1 Å². The van der Waals surface area contributed by atoms with Crippen LogP contribution in [0.5, 0.6) is 0 Å². The van der Waals surface area contributed by atoms with Crippen molar-refractivity contribution < 1.29 is 0 Å². The number of fused-ring (bicyclic) bond motifs is 2. The summed E-state index contributed by atoms with van der Waals surface area (Å²) in [6.45, 7) is 3.92. The molecular formula is C24H13BrN2. The van der Waals surface area contributed by atoms with E-state index in [0.717, 1.165) is 42.7 Å². The van der Waals surface area contributed by atoms with E-state index in [1.807, 2.05) is 60.7 Å². The van der Waals surface area contributed by atoms with E-state index in [0.29, 0.717) is 11.1 Å². The van der Waals surface area contributed by atoms with Crippen molar-refractivity contribution >= 4 is 43.6 Å². The van der Waals surface area contributed by atoms with Crippen LogP contribution in [0.2, 0.25) is 0 Å². The number of nitrogens with zero attached hydrogens (tertiary/aromatic N) is 2. The van der Waals surface area contributed by atoms with Gasteiger partial charge >= 0.3 is 0 Å². The number of benzene rings is 4. The average molecular weight is 409 g/mol. The van der Waals surface area contributed by atoms with Gasteiger partial charge in [-0.3, -0.25) is 0 Å². The molecule has 0 radical (unpaired) electrons. The number of hydrogen-bond acceptors (Lipinski definition) is 2. The molecule has 4 aromatic rings. The highest BCUT2D eigenvalue weighted by atomic mass is 79.9. The molecule has 0 bridgehead atoms. The van der Waals surface area contributed by atoms with Crippen molar-refractivity contribution in [2.75, 3.05) is 0 Å². The Bertz CT molecular complexity index is 1320. The molecule has 0 saturated carbocycles. The van der Waals surface area contributed by atoms with Crippen LogP contribution in [0.4, 0.5) is 0 Å². The third-order valence-electron chi connectivity index (χ3n) is 4.80. The normalized spacial score (nSPS) is 10.5. The average Bonchev–Trinajstić information content (AvgIpc) is 2.72. The maximum atomic E-state index is 9.92. The van der Waals surface area contributed by atoms with Crippen LogP contribution in [0.15, 0.2) is 71.7 Å². The molecular weight excluding hydrogens is 396 g/mol. The first-order chi connectivity index (χ1) is 13.2. The summed E-state index contributed by atoms with van der Waals surface area (Å²) in [7, 11) is 0. The fourth-order valence-corrected chi connectivity index (χ4v) is 4.14. The van der Waals surface area contributed by atoms with E-state index in [-0.39, 0.29) is 0 Å². The van der Waals surface area contributed by atoms with Crippen molar-refractivity contribution in [3.63, 3.8) is 0 Å². The summed E-state index contributed by atoms with van der Waals surface area (Å²) in [5.74, 6) is 0. The van der Waals surface area contributed by atoms with E-state index >= 15 is 0 Å². The van der Waals surface area contributed by atoms with Gasteiger partial charge < -0.3 is 0 Å². The van der Waals surface area contributed by atoms with Crippen molar-refractivity contribution in [3.05, 3.63) is 88.4 Å². The number of nitriles is 2. The second-order valence-electron chi connectivity index (χ2n) is 6.19. The summed E-state index contributed by atoms with van der Waals surface area (Å²) >= 11 is 3.63. The zero-order chi connectivity index (χ0) is 19.0. The standard InChI is InChI=1S/C24H13BrN2/c1-2-15-11-20(22(13-26)17-8-4-3-7-16(15)17)21-12-24(25)19-10-6-5-9-18(19)23(21)14-27/h2-12H,1H2. The van der Waals surface area contributed by atoms with Crippen molar-refractivity contribution in [2.24, 2.45) is 0 Å². The largest absolute Gasteiger partial charge is 0.192 e. The van der Waals surface area contributed by atoms with Gasteiger partial charge in [-0.15, -0.1) is 0 Å². The molecule has 0 fully saturated rings. The third kappa shape index (κ3) is 2.61. The number of hydrogen-bond donors (Lipinski definition) is 0. The molecule has 0 saturated heterocycles. The van der Waals surface area contributed by atoms with Gasteiger partial charge in [0.1, 0.15) is 12.1 Å². The van der Waals surface area contributed by atoms with Gasteiger partial charge in [-0.2, -0.15) is 10.5 Å². The Morgan fingerprint density at radius 3 is 1.78 bits per heavy atom. The van der Waals surface area contributed by atoms with Gasteiger partial charge in [-0.1, -0.05) is 77.1 Å². The Labute approximate surface area is 165 Å². The van der Waals surface area contributed by atoms with Crippen molar-refractivity contribution in [3.8, 4) is 23.3 Å². The van der Waals surface area contributed by atoms with E-state index in [1.54, 1.807) is 6.08 Å². The molecule has 126 valence electrons. The Morgan fingerprint density at radius 2 is 1.22 bits per heavy atom. The summed E-state index contributed by atoms with van der Waals surface area (Å²) < 4.78 is 0.893. The molecule has 0 heterocycles. The van der Waals surface area contributed by atoms with Gasteiger partial charge in [0.2, 0.25) is 0 Å². The first-order valence-electron chi connectivity index (χ1n) is 8.39. The van der Waals surface area contributed by atoms with E-state index in [1.165, 1.54) is 0 Å². The van der Waals surface area contributed by atoms with Crippen LogP contribution in [0.1, 0.15) is 16.7 Å². The fourth-order valence-electron chi connectivity index (χ4n) is 3.57. The first-order valence-corrected chi connectivity index (χ1v) is 9.19. The van der Waals surface area contributed by atoms with Crippen LogP contribution >= 0.6 is 15.9 Å². The molecule has 0 aliphatic heterocycles. The summed E-state index contributed by atoms with van der Waals surface area (Å²) in [5.41, 5.74) is 3.56. The maximum absolute atomic E-state index is 9.92. The summed E-state index contributed by atoms with van der Waals surface area (Å²) in [4.78, 5) is 0. The second kappa shape index (κ2) is 6.72. The molecule has 0 aliphatic carbocycles. The van der Waals surface area contributed by atoms with Crippen LogP contribution < -0.4 is 0 Å². The second-order valence-corrected chi connectivity index (χ2v) is 7.04. The minimum atomic E-state index is 0.565. The van der Waals surface area contributed by atoms with E-state index in [2.05, 4.69) is 34.6 Å². The first kappa shape index (κ1) is 17.0. The highest BCUT2D eigenvalue weighted by molar-refractivity contribution is 9.10. The van der Waals surface area contributed by atoms with Crippen LogP contribution in [-0.4, -0.2) is 0 Å². The highest BCUT2D eigenvalue weighted by Crippen LogP contribution is 2.39. The molecule has 0 amide bonds. The van der Waals surface area contributed by atoms with Crippen LogP contribution in [0.25, 0.3) is 38.7 Å². The molecule has 0 spiro atoms. The molecule has 4 rings (SSSR count). The van der Waals surface area contributed by atoms with E-state index in [4.69, 9.17) is 0 Å². The predicted octanol–water partition coefficient (Wildman–Crippen LogP) is 6.81. The fraction of sp³-hybridized carbons (Fsp3) is 0. The molecule has 0 N–H and O–H groups in total. The molecule has 0 aliphatic rings. The lowest BCUT2D eigenvalue weighted by atomic mass is 9.88. The SMILES string of the molecule is C=Cc1cc(-c2cc(Br)c3ccccc3c2C#N)c(C#N)c2ccccc12. The lowest BCUT2D eigenvalue weighted by molar-refractivity contribution is 1.47. The van der Waals surface area contributed by atoms with Crippen LogP contribution in [0.3, 0.4) is 0 Å². The minimum Gasteiger partial charge on any atom is -0.192 e. The molecule has 3 heteroatoms. The Morgan fingerprint density at radius 1 is 0.741 bits per heavy atom. The monoisotopic (exact) mass is 408 g/mol. The zero-order valence-electron chi connectivity index (χ0n) is 14.3. The van der Waals surface area contributed by atoms with Crippen LogP contribution in [-0.2, 0) is 0 Å². The number of halogens is 1. The summed E-state index contributed by atoms with van der Waals surface area (Å²) in [6, 6.07) is 24.1. The third-order valence-corrected chi connectivity index (χ3v) is 5.46. The lowest BCUT2D eigenvalue weighted by Gasteiger charge is -2.15. The Balaban J connectivity index is 2.20. The van der Waals surface area contributed by atoms with Crippen molar-refractivity contribution in [1.82, 2.24) is 0 Å². The van der Waals surface area contributed by atoms with Crippen molar-refractivity contribution in [1.29, 1.82) is 10.5 Å². The maximum Gasteiger partial charge on any atom is 0.100 e. The van der Waals surface area contributed by atoms with E-state index in [9.17, 15) is 10.5 Å². The predicted molar refractivity (Wildman–Crippen MR) is 114 cm³/mol. The van der Waals surface area contributed by atoms with Gasteiger partial charge in [0.25, 0.3) is 0 Å². The lowest BCUT2D eigenvalue weighted by Crippen LogP contribution is -1.94. The van der Waals surface area contributed by atoms with Crippen LogP contribution in [0, 0.1) is 22.7 Å². The van der Waals surface area contributed by atoms with Gasteiger partial charge in [-0.05, 0) is 28.5 Å². The quantitative estimate of drug-likeness (QED) is 0.365. The molecule has 2 nitrogen and oxygen atoms in total. The molecule has 0 unspecified atom stereocenters. The van der Waals surface area contributed by atoms with Gasteiger partial charge in [0.15, 0.2) is 0 Å². The summed E-state index contributed by atoms with van der Waals surface area (Å²) in [6.07, 6.45) is 1.79. The Hall–Kier alpha value is -3.40. The minimum absolute atomic E-state index is 0.565. The molecule has 4 aromatic carbocycles. The smallest absolute Gasteiger partial charge is 0.100 e. The molecule has 27 heavy (non-hydrogen) atoms. The Kier molecular flexibility index (Phi) is 4.24. The zero-order valence-corrected chi connectivity index (χ0v) is 15.9. The summed E-state index contributed by atoms with van der Waals surface area (Å²) in [5, 5.41) is 23.5. The van der Waals surface area contributed by atoms with Gasteiger partial charge in [0, 0.05) is 26.4 Å². The van der Waals surface area contributed by atoms with Crippen molar-refractivity contribution in [2.45, 2.75) is 0 Å².